The van der Waals surface area contributed by atoms with E-state index in [0.717, 1.165) is 36.1 Å². The number of hydrogen-bond donors (Lipinski definition) is 3. The number of amides is 2. The summed E-state index contributed by atoms with van der Waals surface area (Å²) in [5, 5.41) is 5.53. The molecule has 1 saturated carbocycles. The highest BCUT2D eigenvalue weighted by molar-refractivity contribution is 5.97. The molecule has 1 aromatic carbocycles. The molecule has 22 heavy (non-hydrogen) atoms. The molecule has 5 nitrogen and oxygen atoms in total. The van der Waals surface area contributed by atoms with Crippen molar-refractivity contribution in [3.05, 3.63) is 29.3 Å². The van der Waals surface area contributed by atoms with Crippen molar-refractivity contribution in [2.45, 2.75) is 51.5 Å². The fourth-order valence-corrected chi connectivity index (χ4v) is 2.94. The van der Waals surface area contributed by atoms with Crippen LogP contribution in [0.25, 0.3) is 0 Å². The normalized spacial score (nSPS) is 16.9. The fraction of sp³-hybridized carbons (Fsp3) is 0.529. The maximum atomic E-state index is 12.2. The van der Waals surface area contributed by atoms with E-state index in [-0.39, 0.29) is 18.4 Å². The van der Waals surface area contributed by atoms with E-state index >= 15 is 0 Å². The van der Waals surface area contributed by atoms with Crippen molar-refractivity contribution in [3.63, 3.8) is 0 Å². The van der Waals surface area contributed by atoms with E-state index in [1.54, 1.807) is 0 Å². The van der Waals surface area contributed by atoms with Crippen molar-refractivity contribution in [1.29, 1.82) is 0 Å². The minimum atomic E-state index is -0.808. The van der Waals surface area contributed by atoms with Gasteiger partial charge in [0.05, 0.1) is 12.1 Å². The minimum absolute atomic E-state index is 0.0500. The highest BCUT2D eigenvalue weighted by atomic mass is 16.2. The second kappa shape index (κ2) is 6.92. The van der Waals surface area contributed by atoms with E-state index in [0.29, 0.717) is 12.8 Å². The van der Waals surface area contributed by atoms with Crippen LogP contribution < -0.4 is 16.4 Å². The van der Waals surface area contributed by atoms with Gasteiger partial charge in [-0.2, -0.15) is 0 Å². The van der Waals surface area contributed by atoms with Gasteiger partial charge in [-0.25, -0.2) is 0 Å². The second-order valence-electron chi connectivity index (χ2n) is 6.21. The van der Waals surface area contributed by atoms with Gasteiger partial charge >= 0.3 is 0 Å². The van der Waals surface area contributed by atoms with Crippen molar-refractivity contribution >= 4 is 17.5 Å². The van der Waals surface area contributed by atoms with E-state index in [1.807, 2.05) is 32.0 Å². The molecule has 0 saturated heterocycles. The van der Waals surface area contributed by atoms with Crippen LogP contribution in [0.2, 0.25) is 0 Å². The van der Waals surface area contributed by atoms with Crippen LogP contribution in [0, 0.1) is 13.8 Å². The molecule has 0 heterocycles. The summed E-state index contributed by atoms with van der Waals surface area (Å²) in [7, 11) is 0. The zero-order valence-corrected chi connectivity index (χ0v) is 13.4. The van der Waals surface area contributed by atoms with E-state index < -0.39 is 5.54 Å². The van der Waals surface area contributed by atoms with Gasteiger partial charge in [0, 0.05) is 5.69 Å². The largest absolute Gasteiger partial charge is 0.345 e. The molecule has 1 aliphatic carbocycles. The lowest BCUT2D eigenvalue weighted by molar-refractivity contribution is -0.129. The van der Waals surface area contributed by atoms with Crippen LogP contribution in [0.5, 0.6) is 0 Å². The third-order valence-corrected chi connectivity index (χ3v) is 4.35. The molecule has 4 N–H and O–H groups in total. The Bertz CT molecular complexity index is 543. The number of nitrogens with two attached hydrogens (primary N) is 1. The second-order valence-corrected chi connectivity index (χ2v) is 6.21. The van der Waals surface area contributed by atoms with E-state index in [2.05, 4.69) is 10.6 Å². The summed E-state index contributed by atoms with van der Waals surface area (Å²) in [6.45, 7) is 3.84. The average molecular weight is 303 g/mol. The van der Waals surface area contributed by atoms with Crippen molar-refractivity contribution in [3.8, 4) is 0 Å². The number of nitrogens with one attached hydrogen (secondary N) is 2. The lowest BCUT2D eigenvalue weighted by Gasteiger charge is -2.31. The maximum Gasteiger partial charge on any atom is 0.243 e. The van der Waals surface area contributed by atoms with Crippen molar-refractivity contribution in [2.24, 2.45) is 5.73 Å². The Balaban J connectivity index is 1.89. The minimum Gasteiger partial charge on any atom is -0.345 e. The van der Waals surface area contributed by atoms with E-state index in [4.69, 9.17) is 5.73 Å². The summed E-state index contributed by atoms with van der Waals surface area (Å²) >= 11 is 0. The highest BCUT2D eigenvalue weighted by Gasteiger charge is 2.35. The number of carbonyl (C=O) groups is 2. The first-order valence-electron chi connectivity index (χ1n) is 7.86. The Morgan fingerprint density at radius 2 is 1.73 bits per heavy atom. The molecule has 0 bridgehead atoms. The third kappa shape index (κ3) is 3.85. The Morgan fingerprint density at radius 3 is 2.32 bits per heavy atom. The summed E-state index contributed by atoms with van der Waals surface area (Å²) in [5.41, 5.74) is 8.15. The van der Waals surface area contributed by atoms with Crippen LogP contribution in [-0.4, -0.2) is 23.9 Å². The number of benzene rings is 1. The van der Waals surface area contributed by atoms with Gasteiger partial charge in [0.1, 0.15) is 0 Å². The van der Waals surface area contributed by atoms with Crippen molar-refractivity contribution < 1.29 is 9.59 Å². The Kier molecular flexibility index (Phi) is 5.19. The quantitative estimate of drug-likeness (QED) is 0.795. The number of carbonyl (C=O) groups excluding carboxylic acids is 2. The summed E-state index contributed by atoms with van der Waals surface area (Å²) in [6, 6.07) is 5.83. The first-order valence-corrected chi connectivity index (χ1v) is 7.86. The summed E-state index contributed by atoms with van der Waals surface area (Å²) in [5.74, 6) is -0.450. The van der Waals surface area contributed by atoms with Gasteiger partial charge in [-0.1, -0.05) is 37.5 Å². The Morgan fingerprint density at radius 1 is 1.14 bits per heavy atom. The van der Waals surface area contributed by atoms with Gasteiger partial charge < -0.3 is 16.4 Å². The summed E-state index contributed by atoms with van der Waals surface area (Å²) in [6.07, 6.45) is 4.45. The van der Waals surface area contributed by atoms with Crippen molar-refractivity contribution in [2.75, 3.05) is 11.9 Å². The zero-order valence-electron chi connectivity index (χ0n) is 13.4. The molecule has 1 aromatic rings. The molecule has 2 rings (SSSR count). The Hall–Kier alpha value is -1.88. The van der Waals surface area contributed by atoms with Gasteiger partial charge in [0.2, 0.25) is 11.8 Å². The summed E-state index contributed by atoms with van der Waals surface area (Å²) in [4.78, 5) is 24.2. The number of aryl methyl sites for hydroxylation is 2. The zero-order chi connectivity index (χ0) is 16.2. The monoisotopic (exact) mass is 303 g/mol. The maximum absolute atomic E-state index is 12.2. The van der Waals surface area contributed by atoms with Crippen LogP contribution in [0.15, 0.2) is 18.2 Å². The predicted molar refractivity (Wildman–Crippen MR) is 87.6 cm³/mol. The van der Waals surface area contributed by atoms with Gasteiger partial charge in [-0.3, -0.25) is 9.59 Å². The molecule has 2 amide bonds. The fourth-order valence-electron chi connectivity index (χ4n) is 2.94. The van der Waals surface area contributed by atoms with Crippen molar-refractivity contribution in [1.82, 2.24) is 5.32 Å². The molecule has 0 aliphatic heterocycles. The van der Waals surface area contributed by atoms with Crippen LogP contribution >= 0.6 is 0 Å². The number of para-hydroxylation sites is 1. The van der Waals surface area contributed by atoms with E-state index in [1.165, 1.54) is 0 Å². The SMILES string of the molecule is Cc1cccc(C)c1NC(=O)CNC(=O)C1(N)CCCCC1. The lowest BCUT2D eigenvalue weighted by atomic mass is 9.82. The highest BCUT2D eigenvalue weighted by Crippen LogP contribution is 2.26. The number of rotatable bonds is 4. The van der Waals surface area contributed by atoms with Gasteiger partial charge in [-0.05, 0) is 37.8 Å². The molecule has 120 valence electrons. The van der Waals surface area contributed by atoms with Gasteiger partial charge in [0.25, 0.3) is 0 Å². The predicted octanol–water partition coefficient (Wildman–Crippen LogP) is 2.02. The molecular weight excluding hydrogens is 278 g/mol. The molecule has 0 radical (unpaired) electrons. The molecule has 1 fully saturated rings. The van der Waals surface area contributed by atoms with Gasteiger partial charge in [-0.15, -0.1) is 0 Å². The summed E-state index contributed by atoms with van der Waals surface area (Å²) < 4.78 is 0. The molecule has 0 spiro atoms. The number of hydrogen-bond acceptors (Lipinski definition) is 3. The molecule has 1 aliphatic rings. The molecular formula is C17H25N3O2. The smallest absolute Gasteiger partial charge is 0.243 e. The van der Waals surface area contributed by atoms with Crippen LogP contribution in [-0.2, 0) is 9.59 Å². The standard InChI is InChI=1S/C17H25N3O2/c1-12-7-6-8-13(2)15(12)20-14(21)11-19-16(22)17(18)9-4-3-5-10-17/h6-8H,3-5,9-11,18H2,1-2H3,(H,19,22)(H,20,21). The van der Waals surface area contributed by atoms with Crippen LogP contribution in [0.1, 0.15) is 43.2 Å². The molecule has 5 heteroatoms. The Labute approximate surface area is 131 Å². The topological polar surface area (TPSA) is 84.2 Å². The molecule has 0 aromatic heterocycles. The van der Waals surface area contributed by atoms with Gasteiger partial charge in [0.15, 0.2) is 0 Å². The number of anilines is 1. The first-order chi connectivity index (χ1) is 10.4. The third-order valence-electron chi connectivity index (χ3n) is 4.35. The lowest BCUT2D eigenvalue weighted by Crippen LogP contribution is -2.56. The molecule has 0 unspecified atom stereocenters. The van der Waals surface area contributed by atoms with Crippen LogP contribution in [0.4, 0.5) is 5.69 Å². The first kappa shape index (κ1) is 16.5. The van der Waals surface area contributed by atoms with E-state index in [9.17, 15) is 9.59 Å². The average Bonchev–Trinajstić information content (AvgIpc) is 2.49. The van der Waals surface area contributed by atoms with Crippen LogP contribution in [0.3, 0.4) is 0 Å². The molecule has 0 atom stereocenters.